The Morgan fingerprint density at radius 2 is 1.95 bits per heavy atom. The van der Waals surface area contributed by atoms with Crippen LogP contribution in [0.1, 0.15) is 43.2 Å². The highest BCUT2D eigenvalue weighted by Gasteiger charge is 2.14. The van der Waals surface area contributed by atoms with E-state index in [1.165, 1.54) is 43.2 Å². The van der Waals surface area contributed by atoms with E-state index in [1.54, 1.807) is 0 Å². The monoisotopic (exact) mass is 274 g/mol. The summed E-state index contributed by atoms with van der Waals surface area (Å²) >= 11 is 0. The van der Waals surface area contributed by atoms with Crippen LogP contribution in [-0.4, -0.2) is 19.0 Å². The summed E-state index contributed by atoms with van der Waals surface area (Å²) < 4.78 is 0. The van der Waals surface area contributed by atoms with Gasteiger partial charge in [0.15, 0.2) is 0 Å². The molecule has 0 bridgehead atoms. The number of hydrogen-bond acceptors (Lipinski definition) is 2. The van der Waals surface area contributed by atoms with Gasteiger partial charge in [-0.1, -0.05) is 37.0 Å². The summed E-state index contributed by atoms with van der Waals surface area (Å²) in [7, 11) is 0. The first-order valence-electron chi connectivity index (χ1n) is 7.73. The van der Waals surface area contributed by atoms with Gasteiger partial charge >= 0.3 is 0 Å². The van der Waals surface area contributed by atoms with Crippen LogP contribution in [0.2, 0.25) is 0 Å². The summed E-state index contributed by atoms with van der Waals surface area (Å²) in [5.41, 5.74) is 3.48. The van der Waals surface area contributed by atoms with E-state index in [4.69, 9.17) is 0 Å². The van der Waals surface area contributed by atoms with E-state index in [0.29, 0.717) is 12.5 Å². The van der Waals surface area contributed by atoms with Gasteiger partial charge in [-0.15, -0.1) is 0 Å². The Morgan fingerprint density at radius 3 is 2.65 bits per heavy atom. The van der Waals surface area contributed by atoms with E-state index in [0.717, 1.165) is 12.2 Å². The summed E-state index contributed by atoms with van der Waals surface area (Å²) in [6.45, 7) is 5.34. The SMILES string of the molecule is Cc1ccc(NCC(=O)NCC2CCCCC2)c(C)c1. The molecule has 1 saturated carbocycles. The maximum Gasteiger partial charge on any atom is 0.239 e. The van der Waals surface area contributed by atoms with E-state index in [9.17, 15) is 4.79 Å². The van der Waals surface area contributed by atoms with Crippen LogP contribution in [0.25, 0.3) is 0 Å². The Bertz CT molecular complexity index is 450. The van der Waals surface area contributed by atoms with Crippen molar-refractivity contribution in [3.8, 4) is 0 Å². The van der Waals surface area contributed by atoms with Crippen LogP contribution in [0.3, 0.4) is 0 Å². The topological polar surface area (TPSA) is 41.1 Å². The third-order valence-corrected chi connectivity index (χ3v) is 4.13. The normalized spacial score (nSPS) is 15.9. The van der Waals surface area contributed by atoms with Gasteiger partial charge in [-0.05, 0) is 44.2 Å². The van der Waals surface area contributed by atoms with Crippen molar-refractivity contribution in [1.29, 1.82) is 0 Å². The number of carbonyl (C=O) groups excluding carboxylic acids is 1. The molecular formula is C17H26N2O. The van der Waals surface area contributed by atoms with Crippen molar-refractivity contribution in [2.75, 3.05) is 18.4 Å². The Kier molecular flexibility index (Phi) is 5.45. The zero-order valence-electron chi connectivity index (χ0n) is 12.7. The van der Waals surface area contributed by atoms with Crippen LogP contribution in [0.15, 0.2) is 18.2 Å². The van der Waals surface area contributed by atoms with E-state index < -0.39 is 0 Å². The third kappa shape index (κ3) is 4.55. The van der Waals surface area contributed by atoms with Crippen LogP contribution >= 0.6 is 0 Å². The number of rotatable bonds is 5. The zero-order valence-corrected chi connectivity index (χ0v) is 12.7. The first-order chi connectivity index (χ1) is 9.65. The van der Waals surface area contributed by atoms with Crippen LogP contribution in [0.4, 0.5) is 5.69 Å². The van der Waals surface area contributed by atoms with E-state index >= 15 is 0 Å². The average Bonchev–Trinajstić information content (AvgIpc) is 2.45. The molecule has 0 saturated heterocycles. The second-order valence-electron chi connectivity index (χ2n) is 5.98. The Balaban J connectivity index is 1.71. The minimum Gasteiger partial charge on any atom is -0.376 e. The summed E-state index contributed by atoms with van der Waals surface area (Å²) in [6.07, 6.45) is 6.54. The second-order valence-corrected chi connectivity index (χ2v) is 5.98. The highest BCUT2D eigenvalue weighted by atomic mass is 16.1. The van der Waals surface area contributed by atoms with Gasteiger partial charge < -0.3 is 10.6 Å². The van der Waals surface area contributed by atoms with Crippen molar-refractivity contribution in [2.45, 2.75) is 46.0 Å². The summed E-state index contributed by atoms with van der Waals surface area (Å²) in [6, 6.07) is 6.23. The van der Waals surface area contributed by atoms with Crippen molar-refractivity contribution in [1.82, 2.24) is 5.32 Å². The predicted molar refractivity (Wildman–Crippen MR) is 84.0 cm³/mol. The molecule has 0 unspecified atom stereocenters. The molecule has 2 N–H and O–H groups in total. The number of amides is 1. The van der Waals surface area contributed by atoms with Gasteiger partial charge in [-0.3, -0.25) is 4.79 Å². The average molecular weight is 274 g/mol. The Labute approximate surface area is 122 Å². The lowest BCUT2D eigenvalue weighted by Crippen LogP contribution is -2.34. The number of nitrogens with one attached hydrogen (secondary N) is 2. The second kappa shape index (κ2) is 7.32. The van der Waals surface area contributed by atoms with Crippen LogP contribution in [0, 0.1) is 19.8 Å². The number of carbonyl (C=O) groups is 1. The molecule has 0 aromatic heterocycles. The molecule has 110 valence electrons. The molecule has 1 amide bonds. The minimum atomic E-state index is 0.0931. The predicted octanol–water partition coefficient (Wildman–Crippen LogP) is 3.41. The highest BCUT2D eigenvalue weighted by molar-refractivity contribution is 5.80. The molecule has 1 fully saturated rings. The van der Waals surface area contributed by atoms with Crippen molar-refractivity contribution in [2.24, 2.45) is 5.92 Å². The van der Waals surface area contributed by atoms with Gasteiger partial charge in [0.2, 0.25) is 5.91 Å². The van der Waals surface area contributed by atoms with E-state index in [1.807, 2.05) is 6.07 Å². The number of aryl methyl sites for hydroxylation is 2. The molecular weight excluding hydrogens is 248 g/mol. The summed E-state index contributed by atoms with van der Waals surface area (Å²) in [5.74, 6) is 0.782. The van der Waals surface area contributed by atoms with E-state index in [-0.39, 0.29) is 5.91 Å². The van der Waals surface area contributed by atoms with Crippen LogP contribution < -0.4 is 10.6 Å². The molecule has 2 rings (SSSR count). The van der Waals surface area contributed by atoms with Crippen molar-refractivity contribution in [3.63, 3.8) is 0 Å². The third-order valence-electron chi connectivity index (χ3n) is 4.13. The fourth-order valence-corrected chi connectivity index (χ4v) is 2.90. The first-order valence-corrected chi connectivity index (χ1v) is 7.73. The van der Waals surface area contributed by atoms with E-state index in [2.05, 4.69) is 36.6 Å². The smallest absolute Gasteiger partial charge is 0.239 e. The fraction of sp³-hybridized carbons (Fsp3) is 0.588. The Hall–Kier alpha value is -1.51. The number of hydrogen-bond donors (Lipinski definition) is 2. The lowest BCUT2D eigenvalue weighted by atomic mass is 9.89. The van der Waals surface area contributed by atoms with Gasteiger partial charge in [0.25, 0.3) is 0 Å². The molecule has 1 aromatic carbocycles. The van der Waals surface area contributed by atoms with Gasteiger partial charge in [0, 0.05) is 12.2 Å². The Morgan fingerprint density at radius 1 is 1.20 bits per heavy atom. The van der Waals surface area contributed by atoms with Crippen molar-refractivity contribution < 1.29 is 4.79 Å². The molecule has 3 nitrogen and oxygen atoms in total. The molecule has 3 heteroatoms. The quantitative estimate of drug-likeness (QED) is 0.864. The molecule has 0 atom stereocenters. The zero-order chi connectivity index (χ0) is 14.4. The van der Waals surface area contributed by atoms with Crippen molar-refractivity contribution in [3.05, 3.63) is 29.3 Å². The molecule has 1 aliphatic carbocycles. The number of anilines is 1. The van der Waals surface area contributed by atoms with Gasteiger partial charge in [0.05, 0.1) is 6.54 Å². The van der Waals surface area contributed by atoms with Crippen molar-refractivity contribution >= 4 is 11.6 Å². The molecule has 1 aromatic rings. The molecule has 0 radical (unpaired) electrons. The molecule has 20 heavy (non-hydrogen) atoms. The maximum atomic E-state index is 11.9. The highest BCUT2D eigenvalue weighted by Crippen LogP contribution is 2.22. The summed E-state index contributed by atoms with van der Waals surface area (Å²) in [5, 5.41) is 6.27. The standard InChI is InChI=1S/C17H26N2O/c1-13-8-9-16(14(2)10-13)18-12-17(20)19-11-15-6-4-3-5-7-15/h8-10,15,18H,3-7,11-12H2,1-2H3,(H,19,20). The lowest BCUT2D eigenvalue weighted by Gasteiger charge is -2.21. The molecule has 1 aliphatic rings. The van der Waals surface area contributed by atoms with Gasteiger partial charge in [-0.2, -0.15) is 0 Å². The van der Waals surface area contributed by atoms with Gasteiger partial charge in [0.1, 0.15) is 0 Å². The summed E-state index contributed by atoms with van der Waals surface area (Å²) in [4.78, 5) is 11.9. The minimum absolute atomic E-state index is 0.0931. The first kappa shape index (κ1) is 14.9. The maximum absolute atomic E-state index is 11.9. The van der Waals surface area contributed by atoms with Crippen LogP contribution in [-0.2, 0) is 4.79 Å². The molecule has 0 spiro atoms. The molecule has 0 heterocycles. The van der Waals surface area contributed by atoms with Crippen LogP contribution in [0.5, 0.6) is 0 Å². The van der Waals surface area contributed by atoms with Gasteiger partial charge in [-0.25, -0.2) is 0 Å². The number of benzene rings is 1. The molecule has 0 aliphatic heterocycles. The fourth-order valence-electron chi connectivity index (χ4n) is 2.90. The largest absolute Gasteiger partial charge is 0.376 e. The lowest BCUT2D eigenvalue weighted by molar-refractivity contribution is -0.119.